The number of rotatable bonds is 6. The molecule has 13 nitrogen and oxygen atoms in total. The van der Waals surface area contributed by atoms with E-state index in [4.69, 9.17) is 36.9 Å². The Kier molecular flexibility index (Phi) is 9.77. The summed E-state index contributed by atoms with van der Waals surface area (Å²) in [5, 5.41) is 15.2. The van der Waals surface area contributed by atoms with Crippen molar-refractivity contribution >= 4 is 46.4 Å². The molecule has 0 unspecified atom stereocenters. The summed E-state index contributed by atoms with van der Waals surface area (Å²) in [6.07, 6.45) is 1.78. The lowest BCUT2D eigenvalue weighted by atomic mass is 10.1. The van der Waals surface area contributed by atoms with E-state index in [-0.39, 0.29) is 30.2 Å². The lowest BCUT2D eigenvalue weighted by Gasteiger charge is -2.26. The van der Waals surface area contributed by atoms with Crippen molar-refractivity contribution in [3.63, 3.8) is 0 Å². The van der Waals surface area contributed by atoms with E-state index >= 15 is 0 Å². The summed E-state index contributed by atoms with van der Waals surface area (Å²) in [4.78, 5) is 47.1. The number of primary amides is 1. The van der Waals surface area contributed by atoms with Gasteiger partial charge in [0.2, 0.25) is 0 Å². The summed E-state index contributed by atoms with van der Waals surface area (Å²) in [7, 11) is 2.97. The molecule has 3 amide bonds. The summed E-state index contributed by atoms with van der Waals surface area (Å²) in [6.45, 7) is 10.4. The standard InChI is InChI=1S/C35H42ClN7O6/c1-20-38-27-15-21(25(36)17-28(27)42(20)22-10-11-22)9-12-26-30(31(37)45)32(40(7)33(46)49-34(2,3)4)43(39-26)23-16-24(19-48-8)41(18-23)29(44)13-14-35(5,6)47/h15,17,22-24,47H,10-11,16,18-19H2,1-8H3,(H2,37,45)/t23-,24+/m0/s1. The molecule has 1 saturated carbocycles. The van der Waals surface area contributed by atoms with E-state index in [1.807, 2.05) is 13.0 Å². The number of aromatic nitrogens is 4. The number of imidazole rings is 1. The zero-order chi connectivity index (χ0) is 36.0. The van der Waals surface area contributed by atoms with Gasteiger partial charge in [-0.3, -0.25) is 14.5 Å². The second kappa shape index (κ2) is 13.4. The summed E-state index contributed by atoms with van der Waals surface area (Å²) < 4.78 is 14.7. The maximum atomic E-state index is 13.4. The minimum absolute atomic E-state index is 0.0173. The molecule has 2 atom stereocenters. The maximum Gasteiger partial charge on any atom is 0.415 e. The van der Waals surface area contributed by atoms with Gasteiger partial charge in [-0.15, -0.1) is 0 Å². The Labute approximate surface area is 290 Å². The van der Waals surface area contributed by atoms with Crippen LogP contribution in [0.1, 0.15) is 93.4 Å². The molecule has 1 saturated heterocycles. The van der Waals surface area contributed by atoms with Gasteiger partial charge < -0.3 is 29.8 Å². The van der Waals surface area contributed by atoms with Gasteiger partial charge in [-0.05, 0) is 84.8 Å². The van der Waals surface area contributed by atoms with Crippen LogP contribution in [0.5, 0.6) is 0 Å². The van der Waals surface area contributed by atoms with Crippen molar-refractivity contribution in [2.24, 2.45) is 5.73 Å². The van der Waals surface area contributed by atoms with Crippen LogP contribution in [0.25, 0.3) is 11.0 Å². The van der Waals surface area contributed by atoms with E-state index in [0.717, 1.165) is 29.7 Å². The Morgan fingerprint density at radius 1 is 1.14 bits per heavy atom. The number of hydrogen-bond donors (Lipinski definition) is 2. The molecule has 260 valence electrons. The number of amides is 3. The van der Waals surface area contributed by atoms with Crippen LogP contribution in [-0.2, 0) is 14.3 Å². The Balaban J connectivity index is 1.61. The molecule has 3 aromatic rings. The topological polar surface area (TPSA) is 158 Å². The van der Waals surface area contributed by atoms with Crippen LogP contribution >= 0.6 is 11.6 Å². The number of hydrogen-bond acceptors (Lipinski definition) is 8. The fourth-order valence-electron chi connectivity index (χ4n) is 5.93. The summed E-state index contributed by atoms with van der Waals surface area (Å²) in [5.74, 6) is 10.7. The first-order valence-electron chi connectivity index (χ1n) is 16.0. The summed E-state index contributed by atoms with van der Waals surface area (Å²) >= 11 is 6.71. The first-order chi connectivity index (χ1) is 22.9. The van der Waals surface area contributed by atoms with E-state index in [0.29, 0.717) is 23.0 Å². The Morgan fingerprint density at radius 3 is 2.43 bits per heavy atom. The first kappa shape index (κ1) is 35.7. The third-order valence-electron chi connectivity index (χ3n) is 8.13. The van der Waals surface area contributed by atoms with E-state index < -0.39 is 41.2 Å². The van der Waals surface area contributed by atoms with Crippen molar-refractivity contribution < 1.29 is 29.0 Å². The number of ether oxygens (including phenoxy) is 2. The SMILES string of the molecule is COC[C@H]1C[C@H](n2nc(C#Cc3cc4nc(C)n(C5CC5)c4cc3Cl)c(C(N)=O)c2N(C)C(=O)OC(C)(C)C)CN1C(=O)C#CC(C)(C)O. The number of anilines is 1. The van der Waals surface area contributed by atoms with Crippen molar-refractivity contribution in [1.29, 1.82) is 0 Å². The molecule has 0 radical (unpaired) electrons. The van der Waals surface area contributed by atoms with Crippen LogP contribution in [0.4, 0.5) is 10.6 Å². The molecule has 1 aromatic carbocycles. The van der Waals surface area contributed by atoms with Crippen molar-refractivity contribution in [1.82, 2.24) is 24.2 Å². The number of nitrogens with zero attached hydrogens (tertiary/aromatic N) is 6. The van der Waals surface area contributed by atoms with Crippen molar-refractivity contribution in [2.45, 2.75) is 90.1 Å². The van der Waals surface area contributed by atoms with Gasteiger partial charge in [0.25, 0.3) is 11.8 Å². The second-order valence-corrected chi connectivity index (χ2v) is 14.4. The van der Waals surface area contributed by atoms with Gasteiger partial charge in [0.15, 0.2) is 11.5 Å². The van der Waals surface area contributed by atoms with Gasteiger partial charge >= 0.3 is 6.09 Å². The third-order valence-corrected chi connectivity index (χ3v) is 8.45. The van der Waals surface area contributed by atoms with Gasteiger partial charge in [0.1, 0.15) is 22.6 Å². The minimum Gasteiger partial charge on any atom is -0.443 e. The largest absolute Gasteiger partial charge is 0.443 e. The van der Waals surface area contributed by atoms with Crippen LogP contribution in [0, 0.1) is 30.6 Å². The Bertz CT molecular complexity index is 1940. The number of methoxy groups -OCH3 is 1. The number of carbonyl (C=O) groups excluding carboxylic acids is 3. The number of likely N-dealkylation sites (tertiary alicyclic amines) is 1. The number of carbonyl (C=O) groups is 3. The van der Waals surface area contributed by atoms with Gasteiger partial charge in [-0.2, -0.15) is 5.10 Å². The van der Waals surface area contributed by atoms with E-state index in [1.165, 1.54) is 42.5 Å². The van der Waals surface area contributed by atoms with Crippen LogP contribution in [0.2, 0.25) is 5.02 Å². The van der Waals surface area contributed by atoms with Crippen LogP contribution in [0.3, 0.4) is 0 Å². The minimum atomic E-state index is -1.37. The van der Waals surface area contributed by atoms with Crippen LogP contribution in [0.15, 0.2) is 12.1 Å². The molecular weight excluding hydrogens is 650 g/mol. The first-order valence-corrected chi connectivity index (χ1v) is 16.4. The lowest BCUT2D eigenvalue weighted by Crippen LogP contribution is -2.38. The molecule has 3 N–H and O–H groups in total. The average Bonchev–Trinajstić information content (AvgIpc) is 3.48. The number of benzene rings is 1. The van der Waals surface area contributed by atoms with Crippen LogP contribution in [-0.4, -0.2) is 91.8 Å². The lowest BCUT2D eigenvalue weighted by molar-refractivity contribution is -0.126. The Hall–Kier alpha value is -4.56. The highest BCUT2D eigenvalue weighted by molar-refractivity contribution is 6.32. The predicted octanol–water partition coefficient (Wildman–Crippen LogP) is 3.96. The molecule has 49 heavy (non-hydrogen) atoms. The molecule has 5 rings (SSSR count). The molecule has 0 spiro atoms. The van der Waals surface area contributed by atoms with Crippen molar-refractivity contribution in [2.75, 3.05) is 32.2 Å². The molecule has 2 fully saturated rings. The third kappa shape index (κ3) is 7.86. The zero-order valence-electron chi connectivity index (χ0n) is 29.0. The highest BCUT2D eigenvalue weighted by atomic mass is 35.5. The predicted molar refractivity (Wildman–Crippen MR) is 184 cm³/mol. The molecule has 2 aliphatic rings. The van der Waals surface area contributed by atoms with Gasteiger partial charge in [0, 0.05) is 32.3 Å². The second-order valence-electron chi connectivity index (χ2n) is 14.0. The molecule has 2 aromatic heterocycles. The highest BCUT2D eigenvalue weighted by Crippen LogP contribution is 2.39. The fraction of sp³-hybridized carbons (Fsp3) is 0.514. The number of fused-ring (bicyclic) bond motifs is 1. The maximum absolute atomic E-state index is 13.4. The van der Waals surface area contributed by atoms with Gasteiger partial charge in [0.05, 0.1) is 34.7 Å². The number of aliphatic hydroxyl groups is 1. The van der Waals surface area contributed by atoms with Crippen molar-refractivity contribution in [3.8, 4) is 23.7 Å². The van der Waals surface area contributed by atoms with E-state index in [9.17, 15) is 19.5 Å². The van der Waals surface area contributed by atoms with Crippen molar-refractivity contribution in [3.05, 3.63) is 39.8 Å². The van der Waals surface area contributed by atoms with E-state index in [1.54, 1.807) is 26.8 Å². The molecule has 14 heteroatoms. The molecule has 0 bridgehead atoms. The Morgan fingerprint density at radius 2 is 1.84 bits per heavy atom. The average molecular weight is 692 g/mol. The van der Waals surface area contributed by atoms with Gasteiger partial charge in [-0.1, -0.05) is 23.4 Å². The van der Waals surface area contributed by atoms with Crippen LogP contribution < -0.4 is 10.6 Å². The fourth-order valence-corrected chi connectivity index (χ4v) is 6.14. The molecular formula is C35H42ClN7O6. The number of nitrogens with two attached hydrogens (primary N) is 1. The zero-order valence-corrected chi connectivity index (χ0v) is 29.8. The highest BCUT2D eigenvalue weighted by Gasteiger charge is 2.40. The number of halogens is 1. The van der Waals surface area contributed by atoms with E-state index in [2.05, 4.69) is 28.2 Å². The summed E-state index contributed by atoms with van der Waals surface area (Å²) in [6, 6.07) is 3.10. The quantitative estimate of drug-likeness (QED) is 0.368. The monoisotopic (exact) mass is 691 g/mol. The van der Waals surface area contributed by atoms with Gasteiger partial charge in [-0.25, -0.2) is 14.5 Å². The molecule has 1 aliphatic carbocycles. The normalized spacial score (nSPS) is 17.7. The number of aryl methyl sites for hydroxylation is 1. The summed E-state index contributed by atoms with van der Waals surface area (Å²) in [5.41, 5.74) is 5.81. The molecule has 1 aliphatic heterocycles. The molecule has 3 heterocycles. The smallest absolute Gasteiger partial charge is 0.415 e.